The summed E-state index contributed by atoms with van der Waals surface area (Å²) >= 11 is 0. The average Bonchev–Trinajstić information content (AvgIpc) is 3.52. The van der Waals surface area contributed by atoms with Gasteiger partial charge in [-0.25, -0.2) is 0 Å². The van der Waals surface area contributed by atoms with E-state index in [2.05, 4.69) is 201 Å². The lowest BCUT2D eigenvalue weighted by Crippen LogP contribution is -2.41. The Labute approximate surface area is 542 Å². The predicted octanol–water partition coefficient (Wildman–Crippen LogP) is 30.0. The molecule has 0 saturated heterocycles. The fourth-order valence-corrected chi connectivity index (χ4v) is 16.9. The summed E-state index contributed by atoms with van der Waals surface area (Å²) in [5.41, 5.74) is 3.44. The Balaban J connectivity index is 0.000000473. The van der Waals surface area contributed by atoms with Crippen molar-refractivity contribution < 1.29 is 0 Å². The first-order valence-corrected chi connectivity index (χ1v) is 39.1. The molecule has 0 aliphatic heterocycles. The molecule has 0 aromatic heterocycles. The molecular weight excluding hydrogens is 1020 g/mol. The van der Waals surface area contributed by atoms with Gasteiger partial charge in [-0.15, -0.1) is 0 Å². The highest BCUT2D eigenvalue weighted by molar-refractivity contribution is 4.92. The minimum absolute atomic E-state index is 0.375. The van der Waals surface area contributed by atoms with Gasteiger partial charge in [-0.3, -0.25) is 0 Å². The maximum absolute atomic E-state index is 2.44. The molecule has 0 radical (unpaired) electrons. The third-order valence-corrected chi connectivity index (χ3v) is 27.0. The van der Waals surface area contributed by atoms with Crippen LogP contribution in [0.5, 0.6) is 0 Å². The number of hydrogen-bond acceptors (Lipinski definition) is 0. The molecule has 0 spiro atoms. The highest BCUT2D eigenvalue weighted by Gasteiger charge is 2.42. The minimum atomic E-state index is 0.375. The van der Waals surface area contributed by atoms with E-state index in [9.17, 15) is 0 Å². The molecule has 10 fully saturated rings. The summed E-state index contributed by atoms with van der Waals surface area (Å²) < 4.78 is 0. The van der Waals surface area contributed by atoms with Crippen LogP contribution >= 0.6 is 0 Å². The van der Waals surface area contributed by atoms with Gasteiger partial charge in [-0.1, -0.05) is 342 Å². The molecule has 0 heterocycles. The Morgan fingerprint density at radius 1 is 0.353 bits per heavy atom. The Bertz CT molecular complexity index is 1510. The molecule has 0 amide bonds. The smallest absolute Gasteiger partial charge is 0.0257 e. The first-order valence-electron chi connectivity index (χ1n) is 39.1. The van der Waals surface area contributed by atoms with Crippen LogP contribution in [0.1, 0.15) is 419 Å². The first kappa shape index (κ1) is 83.0. The van der Waals surface area contributed by atoms with Crippen molar-refractivity contribution >= 4 is 0 Å². The summed E-state index contributed by atoms with van der Waals surface area (Å²) in [6.45, 7) is 68.1. The third kappa shape index (κ3) is 33.9. The second-order valence-electron chi connectivity index (χ2n) is 39.1. The molecule has 4 bridgehead atoms. The number of fused-ring (bicyclic) bond motifs is 4. The fraction of sp³-hybridized carbons (Fsp3) is 1.00. The van der Waals surface area contributed by atoms with Gasteiger partial charge in [0.05, 0.1) is 0 Å². The van der Waals surface area contributed by atoms with E-state index in [-0.39, 0.29) is 0 Å². The summed E-state index contributed by atoms with van der Waals surface area (Å²) in [7, 11) is 0. The Hall–Kier alpha value is 0. The van der Waals surface area contributed by atoms with Crippen molar-refractivity contribution in [3.63, 3.8) is 0 Å². The maximum atomic E-state index is 2.44. The van der Waals surface area contributed by atoms with E-state index in [1.165, 1.54) is 167 Å². The van der Waals surface area contributed by atoms with Crippen LogP contribution in [0.25, 0.3) is 0 Å². The van der Waals surface area contributed by atoms with Crippen molar-refractivity contribution in [3.8, 4) is 0 Å². The van der Waals surface area contributed by atoms with Crippen LogP contribution in [0.3, 0.4) is 0 Å². The zero-order valence-corrected chi connectivity index (χ0v) is 65.2. The van der Waals surface area contributed by atoms with Gasteiger partial charge < -0.3 is 0 Å². The molecule has 10 rings (SSSR count). The van der Waals surface area contributed by atoms with Crippen LogP contribution in [0, 0.1) is 127 Å². The molecule has 85 heavy (non-hydrogen) atoms. The molecular formula is C85H170. The van der Waals surface area contributed by atoms with E-state index in [4.69, 9.17) is 0 Å². The van der Waals surface area contributed by atoms with Gasteiger partial charge in [0, 0.05) is 0 Å². The minimum Gasteiger partial charge on any atom is -0.0649 e. The van der Waals surface area contributed by atoms with Gasteiger partial charge in [0.15, 0.2) is 0 Å². The van der Waals surface area contributed by atoms with Crippen molar-refractivity contribution in [1.82, 2.24) is 0 Å². The lowest BCUT2D eigenvalue weighted by Gasteiger charge is -2.49. The van der Waals surface area contributed by atoms with E-state index in [1.807, 2.05) is 0 Å². The number of rotatable bonds is 2. The molecule has 0 aromatic rings. The molecule has 10 aliphatic carbocycles. The highest BCUT2D eigenvalue weighted by Crippen LogP contribution is 2.51. The summed E-state index contributed by atoms with van der Waals surface area (Å²) in [4.78, 5) is 0. The molecule has 7 atom stereocenters. The van der Waals surface area contributed by atoms with E-state index in [0.717, 1.165) is 94.2 Å². The average molecular weight is 1190 g/mol. The molecule has 0 nitrogen and oxygen atoms in total. The van der Waals surface area contributed by atoms with Crippen LogP contribution in [0.15, 0.2) is 0 Å². The van der Waals surface area contributed by atoms with Crippen LogP contribution < -0.4 is 0 Å². The Morgan fingerprint density at radius 3 is 0.906 bits per heavy atom. The molecule has 10 saturated carbocycles. The third-order valence-electron chi connectivity index (χ3n) is 27.0. The highest BCUT2D eigenvalue weighted by atomic mass is 14.5. The van der Waals surface area contributed by atoms with Gasteiger partial charge >= 0.3 is 0 Å². The second-order valence-corrected chi connectivity index (χ2v) is 39.1. The van der Waals surface area contributed by atoms with Crippen LogP contribution in [-0.4, -0.2) is 0 Å². The van der Waals surface area contributed by atoms with Gasteiger partial charge in [0.1, 0.15) is 0 Å². The van der Waals surface area contributed by atoms with E-state index in [0.29, 0.717) is 32.5 Å². The zero-order chi connectivity index (χ0) is 65.2. The second kappa shape index (κ2) is 39.5. The lowest BCUT2D eigenvalue weighted by molar-refractivity contribution is 0.00575. The monoisotopic (exact) mass is 1190 g/mol. The van der Waals surface area contributed by atoms with Crippen molar-refractivity contribution in [1.29, 1.82) is 0 Å². The van der Waals surface area contributed by atoms with Gasteiger partial charge in [-0.05, 0) is 204 Å². The Morgan fingerprint density at radius 2 is 0.729 bits per heavy atom. The molecule has 510 valence electrons. The maximum Gasteiger partial charge on any atom is -0.0257 e. The fourth-order valence-electron chi connectivity index (χ4n) is 16.9. The van der Waals surface area contributed by atoms with Crippen molar-refractivity contribution in [2.45, 2.75) is 419 Å². The number of hydrogen-bond donors (Lipinski definition) is 0. The molecule has 0 heteroatoms. The molecule has 0 aromatic carbocycles. The summed E-state index contributed by atoms with van der Waals surface area (Å²) in [5.74, 6) is 15.6. The summed E-state index contributed by atoms with van der Waals surface area (Å²) in [6, 6.07) is 0. The predicted molar refractivity (Wildman–Crippen MR) is 391 cm³/mol. The van der Waals surface area contributed by atoms with Gasteiger partial charge in [0.2, 0.25) is 0 Å². The molecule has 5 unspecified atom stereocenters. The SMILES string of the molecule is CC(C(C)(C)C)C(C)(C)C.CC(C)(C)C(C)(C)C(C)(C)C.CC(C)C1CCCC1.CC1(C)CCCCC1.CC1C2CCC1CC2.CC1CCC(C)CC1.CC1CCCC(C)C1.CC1CCCC[C@H]1C.CCC1(C)CCCC1.C[C@H]1CC2CCC1C2. The van der Waals surface area contributed by atoms with Crippen LogP contribution in [-0.2, 0) is 0 Å². The lowest BCUT2D eigenvalue weighted by atomic mass is 9.56. The van der Waals surface area contributed by atoms with Crippen LogP contribution in [0.4, 0.5) is 0 Å². The standard InChI is InChI=1S/C11H24.C10H22.2C8H14.6C8H16/c1-9(2,3)11(7,8)10(4,5)6;1-8(9(2,3)4)10(5,6)7;1-6-4-7-2-3-8(6)5-7;1-6-7-2-3-8(6)5-4-7;1-7-3-5-8(2)6-4-7;1-7-4-3-5-8(2)6-7;1-8(2)6-4-3-5-7-8;1-7-5-3-4-6-8(7)2;1-7(2)8-5-3-4-6-8;1-3-8(2)6-4-5-7-8/h1-8H3;8H,1-7H3;2*6-8H,2-5H2,1H3;2*7-8H,3-6H2,1-2H3;3-7H2,1-2H3;2*7-8H,3-6H2,1-2H3;3-7H2,1-2H3/t;;6-,7?,8?;;;;;7-,8?;;/m..0....1../s1. The van der Waals surface area contributed by atoms with Crippen molar-refractivity contribution in [2.75, 3.05) is 0 Å². The van der Waals surface area contributed by atoms with E-state index >= 15 is 0 Å². The molecule has 10 aliphatic rings. The summed E-state index contributed by atoms with van der Waals surface area (Å²) in [5, 5.41) is 0. The largest absolute Gasteiger partial charge is 0.0649 e. The van der Waals surface area contributed by atoms with E-state index in [1.54, 1.807) is 51.4 Å². The van der Waals surface area contributed by atoms with Crippen LogP contribution in [0.2, 0.25) is 0 Å². The van der Waals surface area contributed by atoms with Gasteiger partial charge in [-0.2, -0.15) is 0 Å². The quantitative estimate of drug-likeness (QED) is 0.259. The normalized spacial score (nSPS) is 32.1. The summed E-state index contributed by atoms with van der Waals surface area (Å²) in [6.07, 6.45) is 50.7. The molecule has 0 N–H and O–H groups in total. The zero-order valence-electron chi connectivity index (χ0n) is 65.2. The van der Waals surface area contributed by atoms with E-state index < -0.39 is 0 Å². The topological polar surface area (TPSA) is 0 Å². The van der Waals surface area contributed by atoms with Crippen molar-refractivity contribution in [2.24, 2.45) is 127 Å². The van der Waals surface area contributed by atoms with Crippen molar-refractivity contribution in [3.05, 3.63) is 0 Å². The Kier molecular flexibility index (Phi) is 38.6. The first-order chi connectivity index (χ1) is 39.1. The van der Waals surface area contributed by atoms with Gasteiger partial charge in [0.25, 0.3) is 0 Å².